The average molecular weight is 569 g/mol. The third-order valence-corrected chi connectivity index (χ3v) is 7.39. The third kappa shape index (κ3) is 5.50. The smallest absolute Gasteiger partial charge is 0.259 e. The fourth-order valence-electron chi connectivity index (χ4n) is 5.08. The number of fused-ring (bicyclic) bond motifs is 2. The summed E-state index contributed by atoms with van der Waals surface area (Å²) in [6.45, 7) is 3.71. The highest BCUT2D eigenvalue weighted by Gasteiger charge is 2.19. The Hall–Kier alpha value is -5.63. The molecule has 3 aromatic carbocycles. The van der Waals surface area contributed by atoms with Gasteiger partial charge in [0.05, 0.1) is 33.8 Å². The lowest BCUT2D eigenvalue weighted by molar-refractivity contribution is 0.0933. The fraction of sp³-hybridized carbons (Fsp3) is 0.114. The summed E-state index contributed by atoms with van der Waals surface area (Å²) < 4.78 is 6.20. The summed E-state index contributed by atoms with van der Waals surface area (Å²) in [6.07, 6.45) is 3.92. The number of pyridine rings is 2. The Kier molecular flexibility index (Phi) is 7.49. The Balaban J connectivity index is 1.26. The summed E-state index contributed by atoms with van der Waals surface area (Å²) in [4.78, 5) is 48.5. The van der Waals surface area contributed by atoms with Crippen LogP contribution in [-0.4, -0.2) is 21.8 Å². The molecule has 6 aromatic rings. The van der Waals surface area contributed by atoms with Crippen molar-refractivity contribution in [2.45, 2.75) is 26.3 Å². The zero-order valence-corrected chi connectivity index (χ0v) is 23.6. The highest BCUT2D eigenvalue weighted by Crippen LogP contribution is 2.28. The molecular formula is C35H28N4O4. The number of nitrogens with zero attached hydrogens (tertiary/aromatic N) is 2. The van der Waals surface area contributed by atoms with E-state index in [1.165, 1.54) is 6.20 Å². The van der Waals surface area contributed by atoms with E-state index in [0.29, 0.717) is 39.9 Å². The van der Waals surface area contributed by atoms with Gasteiger partial charge in [0, 0.05) is 34.6 Å². The monoisotopic (exact) mass is 568 g/mol. The van der Waals surface area contributed by atoms with Crippen molar-refractivity contribution >= 4 is 39.4 Å². The maximum Gasteiger partial charge on any atom is 0.259 e. The molecule has 0 spiro atoms. The number of hydrogen-bond acceptors (Lipinski definition) is 6. The number of rotatable bonds is 7. The minimum absolute atomic E-state index is 0.185. The van der Waals surface area contributed by atoms with E-state index in [-0.39, 0.29) is 28.5 Å². The normalized spacial score (nSPS) is 11.8. The second-order valence-corrected chi connectivity index (χ2v) is 10.2. The van der Waals surface area contributed by atoms with E-state index in [4.69, 9.17) is 4.42 Å². The van der Waals surface area contributed by atoms with E-state index in [2.05, 4.69) is 20.6 Å². The van der Waals surface area contributed by atoms with Crippen LogP contribution in [0.4, 0.5) is 5.69 Å². The van der Waals surface area contributed by atoms with E-state index in [1.807, 2.05) is 55.5 Å². The van der Waals surface area contributed by atoms with Gasteiger partial charge in [0.15, 0.2) is 11.0 Å². The fourth-order valence-corrected chi connectivity index (χ4v) is 5.08. The number of nitrogens with one attached hydrogen (secondary N) is 2. The van der Waals surface area contributed by atoms with Crippen LogP contribution in [0.15, 0.2) is 113 Å². The average Bonchev–Trinajstić information content (AvgIpc) is 3.05. The summed E-state index contributed by atoms with van der Waals surface area (Å²) in [5, 5.41) is 7.01. The molecule has 2 N–H and O–H groups in total. The molecule has 8 nitrogen and oxygen atoms in total. The number of anilines is 1. The Labute approximate surface area is 247 Å². The first kappa shape index (κ1) is 27.5. The van der Waals surface area contributed by atoms with Gasteiger partial charge in [-0.25, -0.2) is 0 Å². The second-order valence-electron chi connectivity index (χ2n) is 10.2. The van der Waals surface area contributed by atoms with Crippen molar-refractivity contribution in [2.75, 3.05) is 5.32 Å². The van der Waals surface area contributed by atoms with Gasteiger partial charge in [0.1, 0.15) is 5.76 Å². The zero-order chi connectivity index (χ0) is 29.9. The van der Waals surface area contributed by atoms with Crippen LogP contribution in [-0.2, 0) is 0 Å². The van der Waals surface area contributed by atoms with Crippen LogP contribution >= 0.6 is 0 Å². The van der Waals surface area contributed by atoms with Crippen LogP contribution in [0.2, 0.25) is 0 Å². The number of hydrogen-bond donors (Lipinski definition) is 2. The van der Waals surface area contributed by atoms with Gasteiger partial charge in [0.2, 0.25) is 0 Å². The molecule has 2 amide bonds. The maximum absolute atomic E-state index is 13.4. The topological polar surface area (TPSA) is 114 Å². The Morgan fingerprint density at radius 2 is 1.70 bits per heavy atom. The molecule has 6 rings (SSSR count). The van der Waals surface area contributed by atoms with E-state index < -0.39 is 5.91 Å². The first-order chi connectivity index (χ1) is 20.9. The Bertz CT molecular complexity index is 2040. The van der Waals surface area contributed by atoms with Crippen molar-refractivity contribution in [3.8, 4) is 11.3 Å². The van der Waals surface area contributed by atoms with Crippen molar-refractivity contribution in [2.24, 2.45) is 0 Å². The molecule has 0 aliphatic heterocycles. The highest BCUT2D eigenvalue weighted by atomic mass is 16.3. The minimum atomic E-state index is -0.424. The van der Waals surface area contributed by atoms with Crippen LogP contribution < -0.4 is 16.1 Å². The van der Waals surface area contributed by atoms with Crippen LogP contribution in [0, 0.1) is 6.92 Å². The van der Waals surface area contributed by atoms with Crippen molar-refractivity contribution < 1.29 is 14.0 Å². The molecule has 0 bridgehead atoms. The van der Waals surface area contributed by atoms with E-state index in [9.17, 15) is 14.4 Å². The van der Waals surface area contributed by atoms with Crippen LogP contribution in [0.25, 0.3) is 33.2 Å². The first-order valence-electron chi connectivity index (χ1n) is 14.0. The molecule has 43 heavy (non-hydrogen) atoms. The molecule has 8 heteroatoms. The largest absolute Gasteiger partial charge is 0.455 e. The number of benzene rings is 3. The first-order valence-corrected chi connectivity index (χ1v) is 14.0. The highest BCUT2D eigenvalue weighted by molar-refractivity contribution is 6.12. The van der Waals surface area contributed by atoms with Crippen LogP contribution in [0.5, 0.6) is 0 Å². The van der Waals surface area contributed by atoms with Gasteiger partial charge in [-0.2, -0.15) is 0 Å². The molecule has 0 aliphatic rings. The maximum atomic E-state index is 13.4. The lowest BCUT2D eigenvalue weighted by Gasteiger charge is -2.16. The number of carbonyl (C=O) groups is 2. The number of amides is 2. The predicted octanol–water partition coefficient (Wildman–Crippen LogP) is 6.85. The Morgan fingerprint density at radius 3 is 2.47 bits per heavy atom. The van der Waals surface area contributed by atoms with Crippen LogP contribution in [0.1, 0.15) is 51.4 Å². The van der Waals surface area contributed by atoms with Gasteiger partial charge >= 0.3 is 0 Å². The lowest BCUT2D eigenvalue weighted by Crippen LogP contribution is -2.28. The van der Waals surface area contributed by atoms with Crippen molar-refractivity contribution in [1.82, 2.24) is 15.3 Å². The molecule has 0 radical (unpaired) electrons. The molecule has 3 aromatic heterocycles. The van der Waals surface area contributed by atoms with Gasteiger partial charge in [-0.1, -0.05) is 55.5 Å². The van der Waals surface area contributed by atoms with Gasteiger partial charge in [-0.3, -0.25) is 24.4 Å². The summed E-state index contributed by atoms with van der Waals surface area (Å²) >= 11 is 0. The van der Waals surface area contributed by atoms with Gasteiger partial charge < -0.3 is 15.1 Å². The number of carbonyl (C=O) groups excluding carboxylic acids is 2. The number of para-hydroxylation sites is 1. The summed E-state index contributed by atoms with van der Waals surface area (Å²) in [5.74, 6) is -0.239. The van der Waals surface area contributed by atoms with Gasteiger partial charge in [0.25, 0.3) is 11.8 Å². The molecule has 0 saturated heterocycles. The summed E-state index contributed by atoms with van der Waals surface area (Å²) in [5.41, 5.74) is 3.85. The SMILES string of the molecule is CCC(NC(=O)c1cnc2cc(NC(=O)c3cccc4c(=O)c(C)c(-c5ccccc5)oc34)ccc2c1)c1ccccn1. The zero-order valence-electron chi connectivity index (χ0n) is 23.6. The predicted molar refractivity (Wildman–Crippen MR) is 167 cm³/mol. The summed E-state index contributed by atoms with van der Waals surface area (Å²) in [7, 11) is 0. The van der Waals surface area contributed by atoms with Gasteiger partial charge in [-0.05, 0) is 55.8 Å². The van der Waals surface area contributed by atoms with Crippen molar-refractivity contribution in [3.63, 3.8) is 0 Å². The van der Waals surface area contributed by atoms with Crippen molar-refractivity contribution in [1.29, 1.82) is 0 Å². The number of aromatic nitrogens is 2. The molecule has 0 aliphatic carbocycles. The van der Waals surface area contributed by atoms with Gasteiger partial charge in [-0.15, -0.1) is 0 Å². The third-order valence-electron chi connectivity index (χ3n) is 7.39. The van der Waals surface area contributed by atoms with Crippen molar-refractivity contribution in [3.05, 3.63) is 136 Å². The molecule has 0 fully saturated rings. The molecule has 212 valence electrons. The lowest BCUT2D eigenvalue weighted by atomic mass is 10.0. The standard InChI is InChI=1S/C35H28N4O4/c1-3-28(29-14-7-8-17-36-29)39-34(41)24-18-23-15-16-25(19-30(23)37-20-24)38-35(42)27-13-9-12-26-31(40)21(2)32(43-33(26)27)22-10-5-4-6-11-22/h4-20,28H,3H2,1-2H3,(H,38,42)(H,39,41). The molecule has 3 heterocycles. The molecule has 1 unspecified atom stereocenters. The van der Waals surface area contributed by atoms with E-state index >= 15 is 0 Å². The quantitative estimate of drug-likeness (QED) is 0.218. The summed E-state index contributed by atoms with van der Waals surface area (Å²) in [6, 6.07) is 26.7. The minimum Gasteiger partial charge on any atom is -0.455 e. The Morgan fingerprint density at radius 1 is 0.884 bits per heavy atom. The molecule has 1 atom stereocenters. The second kappa shape index (κ2) is 11.7. The van der Waals surface area contributed by atoms with E-state index in [0.717, 1.165) is 16.6 Å². The molecular weight excluding hydrogens is 540 g/mol. The van der Waals surface area contributed by atoms with E-state index in [1.54, 1.807) is 55.6 Å². The van der Waals surface area contributed by atoms with Crippen LogP contribution in [0.3, 0.4) is 0 Å². The molecule has 0 saturated carbocycles.